The van der Waals surface area contributed by atoms with E-state index in [2.05, 4.69) is 11.8 Å². The molecule has 2 aromatic carbocycles. The molecule has 0 spiro atoms. The Hall–Kier alpha value is -3.83. The van der Waals surface area contributed by atoms with Crippen LogP contribution in [0.3, 0.4) is 0 Å². The molecule has 0 radical (unpaired) electrons. The molecule has 1 atom stereocenters. The van der Waals surface area contributed by atoms with Crippen molar-refractivity contribution in [1.82, 2.24) is 4.90 Å². The SMILES string of the molecule is CCOC(=O)C[C@H](C)N1CC(=O)N(C(C)(C)C)c2c(Cl)cc(C#Cc3ccc(C(=N)N)cc3)cc2C1=O. The Kier molecular flexibility index (Phi) is 8.29. The summed E-state index contributed by atoms with van der Waals surface area (Å²) in [6, 6.07) is 9.59. The molecule has 9 heteroatoms. The summed E-state index contributed by atoms with van der Waals surface area (Å²) in [5.74, 6) is 4.87. The van der Waals surface area contributed by atoms with E-state index in [4.69, 9.17) is 27.5 Å². The van der Waals surface area contributed by atoms with Gasteiger partial charge in [0.15, 0.2) is 0 Å². The molecule has 2 amide bonds. The molecule has 2 aromatic rings. The molecule has 0 aliphatic carbocycles. The maximum atomic E-state index is 13.8. The fourth-order valence-electron chi connectivity index (χ4n) is 4.14. The molecule has 8 nitrogen and oxygen atoms in total. The van der Waals surface area contributed by atoms with E-state index in [1.807, 2.05) is 20.8 Å². The fourth-order valence-corrected chi connectivity index (χ4v) is 4.45. The number of halogens is 1. The van der Waals surface area contributed by atoms with Gasteiger partial charge in [-0.3, -0.25) is 19.8 Å². The van der Waals surface area contributed by atoms with Crippen LogP contribution in [-0.4, -0.2) is 53.3 Å². The topological polar surface area (TPSA) is 117 Å². The maximum Gasteiger partial charge on any atom is 0.307 e. The lowest BCUT2D eigenvalue weighted by Gasteiger charge is -2.36. The standard InChI is InChI=1S/C28H31ClN4O4/c1-6-37-24(35)13-17(2)32-16-23(34)33(28(3,4)5)25-21(27(32)36)14-19(15-22(25)29)8-7-18-9-11-20(12-10-18)26(30)31/h9-12,14-15,17H,6,13,16H2,1-5H3,(H3,30,31)/t17-/m0/s1. The molecule has 3 rings (SSSR count). The lowest BCUT2D eigenvalue weighted by atomic mass is 10.0. The van der Waals surface area contributed by atoms with Gasteiger partial charge < -0.3 is 20.3 Å². The highest BCUT2D eigenvalue weighted by molar-refractivity contribution is 6.35. The number of nitrogen functional groups attached to an aromatic ring is 1. The average molecular weight is 523 g/mol. The number of nitrogens with two attached hydrogens (primary N) is 1. The van der Waals surface area contributed by atoms with Crippen molar-refractivity contribution in [3.63, 3.8) is 0 Å². The summed E-state index contributed by atoms with van der Waals surface area (Å²) in [6.45, 7) is 9.05. The van der Waals surface area contributed by atoms with Crippen LogP contribution in [0.2, 0.25) is 5.02 Å². The molecule has 0 aromatic heterocycles. The molecule has 0 unspecified atom stereocenters. The lowest BCUT2D eigenvalue weighted by Crippen LogP contribution is -2.50. The van der Waals surface area contributed by atoms with Gasteiger partial charge in [-0.1, -0.05) is 35.6 Å². The Morgan fingerprint density at radius 2 is 1.78 bits per heavy atom. The van der Waals surface area contributed by atoms with Gasteiger partial charge in [-0.25, -0.2) is 0 Å². The van der Waals surface area contributed by atoms with Crippen LogP contribution in [0.15, 0.2) is 36.4 Å². The summed E-state index contributed by atoms with van der Waals surface area (Å²) in [4.78, 5) is 42.2. The number of carbonyl (C=O) groups excluding carboxylic acids is 3. The van der Waals surface area contributed by atoms with Crippen molar-refractivity contribution >= 4 is 40.9 Å². The van der Waals surface area contributed by atoms with E-state index in [1.165, 1.54) is 9.80 Å². The minimum absolute atomic E-state index is 0.0322. The molecule has 0 bridgehead atoms. The van der Waals surface area contributed by atoms with Crippen molar-refractivity contribution in [2.24, 2.45) is 5.73 Å². The maximum absolute atomic E-state index is 13.8. The third kappa shape index (κ3) is 6.30. The number of anilines is 1. The Morgan fingerprint density at radius 3 is 2.35 bits per heavy atom. The van der Waals surface area contributed by atoms with Gasteiger partial charge in [0.05, 0.1) is 29.3 Å². The third-order valence-electron chi connectivity index (χ3n) is 5.85. The second-order valence-electron chi connectivity index (χ2n) is 9.79. The number of nitrogens with zero attached hydrogens (tertiary/aromatic N) is 2. The van der Waals surface area contributed by atoms with Gasteiger partial charge in [0.25, 0.3) is 5.91 Å². The molecule has 37 heavy (non-hydrogen) atoms. The molecule has 0 fully saturated rings. The Balaban J connectivity index is 2.08. The summed E-state index contributed by atoms with van der Waals surface area (Å²) in [5.41, 5.74) is 7.18. The van der Waals surface area contributed by atoms with Gasteiger partial charge >= 0.3 is 5.97 Å². The second kappa shape index (κ2) is 11.1. The number of amidine groups is 1. The normalized spacial score (nSPS) is 14.3. The zero-order chi connectivity index (χ0) is 27.5. The van der Waals surface area contributed by atoms with Crippen LogP contribution in [0, 0.1) is 17.3 Å². The van der Waals surface area contributed by atoms with Crippen LogP contribution >= 0.6 is 11.6 Å². The van der Waals surface area contributed by atoms with Crippen LogP contribution in [0.25, 0.3) is 0 Å². The zero-order valence-electron chi connectivity index (χ0n) is 21.6. The fraction of sp³-hybridized carbons (Fsp3) is 0.357. The predicted molar refractivity (Wildman–Crippen MR) is 144 cm³/mol. The number of amides is 2. The summed E-state index contributed by atoms with van der Waals surface area (Å²) >= 11 is 6.70. The van der Waals surface area contributed by atoms with Gasteiger partial charge in [0, 0.05) is 28.3 Å². The highest BCUT2D eigenvalue weighted by Gasteiger charge is 2.40. The van der Waals surface area contributed by atoms with E-state index in [0.29, 0.717) is 22.4 Å². The van der Waals surface area contributed by atoms with Crippen LogP contribution in [-0.2, 0) is 14.3 Å². The van der Waals surface area contributed by atoms with Crippen molar-refractivity contribution in [2.75, 3.05) is 18.1 Å². The van der Waals surface area contributed by atoms with E-state index < -0.39 is 23.5 Å². The van der Waals surface area contributed by atoms with Crippen LogP contribution < -0.4 is 10.6 Å². The van der Waals surface area contributed by atoms with E-state index >= 15 is 0 Å². The Morgan fingerprint density at radius 1 is 1.16 bits per heavy atom. The zero-order valence-corrected chi connectivity index (χ0v) is 22.4. The largest absolute Gasteiger partial charge is 0.466 e. The molecule has 194 valence electrons. The molecule has 3 N–H and O–H groups in total. The summed E-state index contributed by atoms with van der Waals surface area (Å²) < 4.78 is 5.04. The number of rotatable bonds is 5. The van der Waals surface area contributed by atoms with Crippen molar-refractivity contribution in [1.29, 1.82) is 5.41 Å². The number of nitrogens with one attached hydrogen (secondary N) is 1. The van der Waals surface area contributed by atoms with Gasteiger partial charge in [-0.2, -0.15) is 0 Å². The smallest absolute Gasteiger partial charge is 0.307 e. The van der Waals surface area contributed by atoms with Crippen molar-refractivity contribution in [2.45, 2.75) is 52.6 Å². The van der Waals surface area contributed by atoms with Crippen LogP contribution in [0.1, 0.15) is 68.1 Å². The van der Waals surface area contributed by atoms with Gasteiger partial charge in [-0.05, 0) is 58.9 Å². The number of benzene rings is 2. The highest BCUT2D eigenvalue weighted by Crippen LogP contribution is 2.38. The molecule has 1 aliphatic heterocycles. The first kappa shape index (κ1) is 27.8. The molecule has 0 saturated heterocycles. The summed E-state index contributed by atoms with van der Waals surface area (Å²) in [5, 5.41) is 7.74. The quantitative estimate of drug-likeness (QED) is 0.267. The minimum atomic E-state index is -0.665. The van der Waals surface area contributed by atoms with E-state index in [1.54, 1.807) is 50.2 Å². The lowest BCUT2D eigenvalue weighted by molar-refractivity contribution is -0.144. The number of ether oxygens (including phenoxy) is 1. The predicted octanol–water partition coefficient (Wildman–Crippen LogP) is 3.95. The van der Waals surface area contributed by atoms with Gasteiger partial charge in [0.2, 0.25) is 5.91 Å². The van der Waals surface area contributed by atoms with Crippen molar-refractivity contribution < 1.29 is 19.1 Å². The Labute approximate surface area is 222 Å². The number of carbonyl (C=O) groups is 3. The minimum Gasteiger partial charge on any atom is -0.466 e. The average Bonchev–Trinajstić information content (AvgIpc) is 2.92. The van der Waals surface area contributed by atoms with E-state index in [-0.39, 0.29) is 41.9 Å². The van der Waals surface area contributed by atoms with Crippen molar-refractivity contribution in [3.8, 4) is 11.8 Å². The Bertz CT molecular complexity index is 1300. The van der Waals surface area contributed by atoms with Crippen LogP contribution in [0.4, 0.5) is 5.69 Å². The summed E-state index contributed by atoms with van der Waals surface area (Å²) in [7, 11) is 0. The molecule has 1 aliphatic rings. The van der Waals surface area contributed by atoms with E-state index in [9.17, 15) is 14.4 Å². The monoisotopic (exact) mass is 522 g/mol. The number of fused-ring (bicyclic) bond motifs is 1. The third-order valence-corrected chi connectivity index (χ3v) is 6.14. The highest BCUT2D eigenvalue weighted by atomic mass is 35.5. The molecular formula is C28H31ClN4O4. The molecule has 1 heterocycles. The number of esters is 1. The number of hydrogen-bond donors (Lipinski definition) is 2. The van der Waals surface area contributed by atoms with Crippen LogP contribution in [0.5, 0.6) is 0 Å². The first-order valence-electron chi connectivity index (χ1n) is 11.9. The van der Waals surface area contributed by atoms with Crippen molar-refractivity contribution in [3.05, 3.63) is 63.7 Å². The van der Waals surface area contributed by atoms with Gasteiger partial charge in [0.1, 0.15) is 12.4 Å². The molecular weight excluding hydrogens is 492 g/mol. The van der Waals surface area contributed by atoms with Gasteiger partial charge in [-0.15, -0.1) is 0 Å². The first-order valence-corrected chi connectivity index (χ1v) is 12.3. The summed E-state index contributed by atoms with van der Waals surface area (Å²) in [6.07, 6.45) is -0.0405. The van der Waals surface area contributed by atoms with E-state index in [0.717, 1.165) is 0 Å². The molecule has 0 saturated carbocycles. The first-order chi connectivity index (χ1) is 17.3. The second-order valence-corrected chi connectivity index (χ2v) is 10.2. The number of hydrogen-bond acceptors (Lipinski definition) is 5.